The van der Waals surface area contributed by atoms with Gasteiger partial charge in [-0.15, -0.1) is 0 Å². The van der Waals surface area contributed by atoms with Gasteiger partial charge in [0, 0.05) is 13.2 Å². The lowest BCUT2D eigenvalue weighted by Crippen LogP contribution is -1.99. The van der Waals surface area contributed by atoms with Gasteiger partial charge in [0.05, 0.1) is 12.3 Å². The number of aryl methyl sites for hydroxylation is 3. The van der Waals surface area contributed by atoms with Crippen molar-refractivity contribution in [1.82, 2.24) is 9.78 Å². The molecule has 0 aliphatic heterocycles. The summed E-state index contributed by atoms with van der Waals surface area (Å²) in [6.07, 6.45) is 5.03. The largest absolute Gasteiger partial charge is 0.388 e. The number of hydrogen-bond acceptors (Lipinski definition) is 2. The van der Waals surface area contributed by atoms with Crippen LogP contribution in [0.5, 0.6) is 0 Å². The molecule has 1 unspecified atom stereocenters. The minimum absolute atomic E-state index is 0.393. The molecular formula is C14H18N2O. The van der Waals surface area contributed by atoms with Crippen molar-refractivity contribution in [3.63, 3.8) is 0 Å². The summed E-state index contributed by atoms with van der Waals surface area (Å²) in [5, 5.41) is 14.2. The lowest BCUT2D eigenvalue weighted by molar-refractivity contribution is 0.168. The first-order chi connectivity index (χ1) is 8.15. The molecular weight excluding hydrogens is 212 g/mol. The molecule has 1 atom stereocenters. The summed E-state index contributed by atoms with van der Waals surface area (Å²) in [6, 6.07) is 8.04. The molecule has 2 aromatic rings. The lowest BCUT2D eigenvalue weighted by atomic mass is 10.0. The van der Waals surface area contributed by atoms with Crippen LogP contribution in [-0.4, -0.2) is 14.9 Å². The number of aliphatic hydroxyl groups excluding tert-OH is 1. The number of aliphatic hydroxyl groups is 1. The van der Waals surface area contributed by atoms with Crippen LogP contribution in [0, 0.1) is 6.92 Å². The average Bonchev–Trinajstić information content (AvgIpc) is 2.73. The molecule has 0 radical (unpaired) electrons. The zero-order chi connectivity index (χ0) is 12.3. The van der Waals surface area contributed by atoms with Gasteiger partial charge >= 0.3 is 0 Å². The summed E-state index contributed by atoms with van der Waals surface area (Å²) in [5.74, 6) is 0. The first kappa shape index (κ1) is 11.9. The number of benzene rings is 1. The van der Waals surface area contributed by atoms with Crippen LogP contribution in [0.4, 0.5) is 0 Å². The van der Waals surface area contributed by atoms with Gasteiger partial charge in [-0.3, -0.25) is 4.68 Å². The highest BCUT2D eigenvalue weighted by Crippen LogP contribution is 2.19. The molecule has 0 spiro atoms. The summed E-state index contributed by atoms with van der Waals surface area (Å²) in [4.78, 5) is 0. The molecule has 90 valence electrons. The fraction of sp³-hybridized carbons (Fsp3) is 0.357. The Morgan fingerprint density at radius 2 is 2.00 bits per heavy atom. The molecule has 0 bridgehead atoms. The quantitative estimate of drug-likeness (QED) is 0.875. The minimum Gasteiger partial charge on any atom is -0.388 e. The fourth-order valence-electron chi connectivity index (χ4n) is 1.86. The zero-order valence-electron chi connectivity index (χ0n) is 10.3. The molecule has 0 aliphatic rings. The second-order valence-corrected chi connectivity index (χ2v) is 4.49. The van der Waals surface area contributed by atoms with E-state index in [2.05, 4.69) is 5.10 Å². The molecule has 1 aromatic carbocycles. The molecule has 1 aromatic heterocycles. The first-order valence-corrected chi connectivity index (χ1v) is 5.87. The van der Waals surface area contributed by atoms with E-state index >= 15 is 0 Å². The minimum atomic E-state index is -0.393. The van der Waals surface area contributed by atoms with E-state index < -0.39 is 6.10 Å². The summed E-state index contributed by atoms with van der Waals surface area (Å²) in [6.45, 7) is 2.05. The fourth-order valence-corrected chi connectivity index (χ4v) is 1.86. The Bertz CT molecular complexity index is 473. The van der Waals surface area contributed by atoms with Crippen LogP contribution in [0.3, 0.4) is 0 Å². The van der Waals surface area contributed by atoms with E-state index in [9.17, 15) is 5.11 Å². The maximum atomic E-state index is 10.1. The standard InChI is InChI=1S/C14H18N2O/c1-11-3-6-13(7-4-11)14(17)8-5-12-9-15-16(2)10-12/h3-4,6-7,9-10,14,17H,5,8H2,1-2H3. The van der Waals surface area contributed by atoms with Crippen LogP contribution in [0.25, 0.3) is 0 Å². The Morgan fingerprint density at radius 3 is 2.59 bits per heavy atom. The maximum Gasteiger partial charge on any atom is 0.0793 e. The van der Waals surface area contributed by atoms with Gasteiger partial charge in [0.2, 0.25) is 0 Å². The molecule has 17 heavy (non-hydrogen) atoms. The molecule has 1 N–H and O–H groups in total. The van der Waals surface area contributed by atoms with Crippen molar-refractivity contribution in [3.05, 3.63) is 53.3 Å². The van der Waals surface area contributed by atoms with E-state index in [1.165, 1.54) is 11.1 Å². The van der Waals surface area contributed by atoms with Crippen molar-refractivity contribution in [2.45, 2.75) is 25.9 Å². The zero-order valence-corrected chi connectivity index (χ0v) is 10.3. The molecule has 3 heteroatoms. The SMILES string of the molecule is Cc1ccc(C(O)CCc2cnn(C)c2)cc1. The second-order valence-electron chi connectivity index (χ2n) is 4.49. The normalized spacial score (nSPS) is 12.6. The Morgan fingerprint density at radius 1 is 1.29 bits per heavy atom. The number of nitrogens with zero attached hydrogens (tertiary/aromatic N) is 2. The second kappa shape index (κ2) is 5.15. The van der Waals surface area contributed by atoms with E-state index in [-0.39, 0.29) is 0 Å². The average molecular weight is 230 g/mol. The number of aromatic nitrogens is 2. The smallest absolute Gasteiger partial charge is 0.0793 e. The Hall–Kier alpha value is -1.61. The van der Waals surface area contributed by atoms with Gasteiger partial charge < -0.3 is 5.11 Å². The van der Waals surface area contributed by atoms with E-state index in [1.54, 1.807) is 4.68 Å². The van der Waals surface area contributed by atoms with Crippen molar-refractivity contribution in [1.29, 1.82) is 0 Å². The molecule has 1 heterocycles. The van der Waals surface area contributed by atoms with Crippen molar-refractivity contribution in [3.8, 4) is 0 Å². The monoisotopic (exact) mass is 230 g/mol. The van der Waals surface area contributed by atoms with Gasteiger partial charge in [-0.05, 0) is 30.9 Å². The van der Waals surface area contributed by atoms with E-state index in [0.29, 0.717) is 0 Å². The highest BCUT2D eigenvalue weighted by Gasteiger charge is 2.07. The van der Waals surface area contributed by atoms with Crippen LogP contribution in [0.15, 0.2) is 36.7 Å². The highest BCUT2D eigenvalue weighted by molar-refractivity contribution is 5.23. The molecule has 0 saturated heterocycles. The van der Waals surface area contributed by atoms with Gasteiger partial charge in [0.25, 0.3) is 0 Å². The van der Waals surface area contributed by atoms with E-state index in [4.69, 9.17) is 0 Å². The number of rotatable bonds is 4. The van der Waals surface area contributed by atoms with E-state index in [0.717, 1.165) is 18.4 Å². The Kier molecular flexibility index (Phi) is 3.59. The third-order valence-electron chi connectivity index (χ3n) is 2.93. The van der Waals surface area contributed by atoms with Crippen molar-refractivity contribution in [2.75, 3.05) is 0 Å². The molecule has 2 rings (SSSR count). The molecule has 3 nitrogen and oxygen atoms in total. The predicted octanol–water partition coefficient (Wildman–Crippen LogP) is 2.39. The highest BCUT2D eigenvalue weighted by atomic mass is 16.3. The van der Waals surface area contributed by atoms with E-state index in [1.807, 2.05) is 50.6 Å². The van der Waals surface area contributed by atoms with Gasteiger partial charge in [-0.1, -0.05) is 29.8 Å². The third kappa shape index (κ3) is 3.17. The molecule has 0 aliphatic carbocycles. The Labute approximate surface area is 102 Å². The maximum absolute atomic E-state index is 10.1. The van der Waals surface area contributed by atoms with Gasteiger partial charge in [0.15, 0.2) is 0 Å². The number of hydrogen-bond donors (Lipinski definition) is 1. The van der Waals surface area contributed by atoms with Crippen LogP contribution >= 0.6 is 0 Å². The summed E-state index contributed by atoms with van der Waals surface area (Å²) < 4.78 is 1.79. The first-order valence-electron chi connectivity index (χ1n) is 5.87. The predicted molar refractivity (Wildman–Crippen MR) is 67.7 cm³/mol. The van der Waals surface area contributed by atoms with Crippen LogP contribution in [0.1, 0.15) is 29.2 Å². The van der Waals surface area contributed by atoms with Crippen LogP contribution < -0.4 is 0 Å². The topological polar surface area (TPSA) is 38.1 Å². The summed E-state index contributed by atoms with van der Waals surface area (Å²) in [7, 11) is 1.90. The van der Waals surface area contributed by atoms with Gasteiger partial charge in [-0.25, -0.2) is 0 Å². The van der Waals surface area contributed by atoms with Gasteiger partial charge in [0.1, 0.15) is 0 Å². The van der Waals surface area contributed by atoms with Crippen LogP contribution in [0.2, 0.25) is 0 Å². The molecule has 0 fully saturated rings. The lowest BCUT2D eigenvalue weighted by Gasteiger charge is -2.10. The van der Waals surface area contributed by atoms with Gasteiger partial charge in [-0.2, -0.15) is 5.10 Å². The Balaban J connectivity index is 1.93. The van der Waals surface area contributed by atoms with Crippen molar-refractivity contribution >= 4 is 0 Å². The molecule has 0 amide bonds. The van der Waals surface area contributed by atoms with Crippen molar-refractivity contribution in [2.24, 2.45) is 7.05 Å². The van der Waals surface area contributed by atoms with Crippen molar-refractivity contribution < 1.29 is 5.11 Å². The van der Waals surface area contributed by atoms with Crippen LogP contribution in [-0.2, 0) is 13.5 Å². The summed E-state index contributed by atoms with van der Waals surface area (Å²) in [5.41, 5.74) is 3.37. The summed E-state index contributed by atoms with van der Waals surface area (Å²) >= 11 is 0. The molecule has 0 saturated carbocycles. The third-order valence-corrected chi connectivity index (χ3v) is 2.93.